The number of aryl methyl sites for hydroxylation is 1. The molecule has 0 aliphatic heterocycles. The molecule has 2 aromatic rings. The number of halogens is 4. The number of nitrogens with one attached hydrogen (secondary N) is 1. The molecule has 0 amide bonds. The van der Waals surface area contributed by atoms with Gasteiger partial charge in [0.2, 0.25) is 0 Å². The van der Waals surface area contributed by atoms with Crippen LogP contribution in [0.1, 0.15) is 22.7 Å². The minimum absolute atomic E-state index is 0.252. The zero-order valence-corrected chi connectivity index (χ0v) is 14.9. The molecule has 0 radical (unpaired) electrons. The van der Waals surface area contributed by atoms with E-state index in [4.69, 9.17) is 11.6 Å². The third kappa shape index (κ3) is 3.25. The molecule has 1 unspecified atom stereocenters. The van der Waals surface area contributed by atoms with Gasteiger partial charge in [-0.05, 0) is 59.2 Å². The van der Waals surface area contributed by atoms with Crippen LogP contribution >= 0.6 is 43.5 Å². The highest BCUT2D eigenvalue weighted by molar-refractivity contribution is 9.10. The van der Waals surface area contributed by atoms with Crippen LogP contribution in [0.3, 0.4) is 0 Å². The summed E-state index contributed by atoms with van der Waals surface area (Å²) >= 11 is 12.8. The van der Waals surface area contributed by atoms with E-state index in [0.717, 1.165) is 15.6 Å². The summed E-state index contributed by atoms with van der Waals surface area (Å²) in [5, 5.41) is 3.63. The smallest absolute Gasteiger partial charge is 0.129 e. The monoisotopic (exact) mass is 419 g/mol. The predicted octanol–water partition coefficient (Wildman–Crippen LogP) is 5.62. The molecule has 106 valence electrons. The maximum Gasteiger partial charge on any atom is 0.129 e. The van der Waals surface area contributed by atoms with Crippen molar-refractivity contribution in [2.24, 2.45) is 0 Å². The average Bonchev–Trinajstić information content (AvgIpc) is 2.40. The van der Waals surface area contributed by atoms with Crippen molar-refractivity contribution >= 4 is 43.5 Å². The molecule has 0 heterocycles. The molecule has 1 atom stereocenters. The molecule has 0 saturated carbocycles. The van der Waals surface area contributed by atoms with Crippen LogP contribution in [0.2, 0.25) is 5.02 Å². The van der Waals surface area contributed by atoms with Crippen LogP contribution in [0.4, 0.5) is 4.39 Å². The van der Waals surface area contributed by atoms with E-state index in [9.17, 15) is 4.39 Å². The van der Waals surface area contributed by atoms with Gasteiger partial charge >= 0.3 is 0 Å². The molecule has 0 aliphatic carbocycles. The van der Waals surface area contributed by atoms with Crippen molar-refractivity contribution in [1.82, 2.24) is 5.32 Å². The van der Waals surface area contributed by atoms with E-state index in [1.165, 1.54) is 6.07 Å². The number of rotatable bonds is 3. The molecule has 0 aliphatic rings. The SMILES string of the molecule is CNC(c1ccc(C)c(Br)c1)c1cc(Cl)c(Br)cc1F. The first kappa shape index (κ1) is 16.0. The van der Waals surface area contributed by atoms with Gasteiger partial charge < -0.3 is 5.32 Å². The van der Waals surface area contributed by atoms with E-state index < -0.39 is 0 Å². The second-order valence-corrected chi connectivity index (χ2v) is 6.63. The molecule has 1 nitrogen and oxygen atoms in total. The van der Waals surface area contributed by atoms with E-state index in [1.54, 1.807) is 13.1 Å². The predicted molar refractivity (Wildman–Crippen MR) is 88.9 cm³/mol. The summed E-state index contributed by atoms with van der Waals surface area (Å²) in [6, 6.07) is 8.77. The van der Waals surface area contributed by atoms with Crippen LogP contribution in [0, 0.1) is 12.7 Å². The number of hydrogen-bond acceptors (Lipinski definition) is 1. The lowest BCUT2D eigenvalue weighted by Crippen LogP contribution is -2.19. The maximum absolute atomic E-state index is 14.2. The number of benzene rings is 2. The van der Waals surface area contributed by atoms with Crippen molar-refractivity contribution in [3.63, 3.8) is 0 Å². The summed E-state index contributed by atoms with van der Waals surface area (Å²) in [6.45, 7) is 2.01. The maximum atomic E-state index is 14.2. The largest absolute Gasteiger partial charge is 0.309 e. The van der Waals surface area contributed by atoms with Gasteiger partial charge in [0.05, 0.1) is 11.1 Å². The van der Waals surface area contributed by atoms with E-state index in [-0.39, 0.29) is 11.9 Å². The number of hydrogen-bond donors (Lipinski definition) is 1. The normalized spacial score (nSPS) is 12.5. The van der Waals surface area contributed by atoms with Crippen LogP contribution in [0.5, 0.6) is 0 Å². The Hall–Kier alpha value is -0.420. The van der Waals surface area contributed by atoms with Crippen molar-refractivity contribution in [3.05, 3.63) is 66.8 Å². The summed E-state index contributed by atoms with van der Waals surface area (Å²) in [7, 11) is 1.80. The van der Waals surface area contributed by atoms with E-state index >= 15 is 0 Å². The average molecular weight is 422 g/mol. The molecule has 0 bridgehead atoms. The van der Waals surface area contributed by atoms with Gasteiger partial charge in [0.25, 0.3) is 0 Å². The van der Waals surface area contributed by atoms with Crippen molar-refractivity contribution < 1.29 is 4.39 Å². The Balaban J connectivity index is 2.52. The molecule has 20 heavy (non-hydrogen) atoms. The van der Waals surface area contributed by atoms with Crippen LogP contribution in [0.15, 0.2) is 39.3 Å². The summed E-state index contributed by atoms with van der Waals surface area (Å²) in [6.07, 6.45) is 0. The Bertz CT molecular complexity index is 646. The highest BCUT2D eigenvalue weighted by Gasteiger charge is 2.18. The molecule has 2 aromatic carbocycles. The van der Waals surface area contributed by atoms with Crippen molar-refractivity contribution in [1.29, 1.82) is 0 Å². The summed E-state index contributed by atoms with van der Waals surface area (Å²) in [5.41, 5.74) is 2.64. The van der Waals surface area contributed by atoms with Gasteiger partial charge in [0.15, 0.2) is 0 Å². The van der Waals surface area contributed by atoms with Crippen molar-refractivity contribution in [2.45, 2.75) is 13.0 Å². The fourth-order valence-corrected chi connectivity index (χ4v) is 2.93. The van der Waals surface area contributed by atoms with E-state index in [0.29, 0.717) is 15.1 Å². The van der Waals surface area contributed by atoms with Gasteiger partial charge in [0.1, 0.15) is 5.82 Å². The topological polar surface area (TPSA) is 12.0 Å². The second-order valence-electron chi connectivity index (χ2n) is 4.52. The first-order valence-electron chi connectivity index (χ1n) is 6.01. The Labute approximate surface area is 139 Å². The minimum atomic E-state index is -0.294. The minimum Gasteiger partial charge on any atom is -0.309 e. The van der Waals surface area contributed by atoms with E-state index in [2.05, 4.69) is 37.2 Å². The lowest BCUT2D eigenvalue weighted by atomic mass is 9.97. The molecule has 0 saturated heterocycles. The molecule has 5 heteroatoms. The first-order chi connectivity index (χ1) is 9.43. The van der Waals surface area contributed by atoms with E-state index in [1.807, 2.05) is 25.1 Å². The van der Waals surface area contributed by atoms with Gasteiger partial charge in [-0.25, -0.2) is 4.39 Å². The first-order valence-corrected chi connectivity index (χ1v) is 7.98. The highest BCUT2D eigenvalue weighted by atomic mass is 79.9. The Morgan fingerprint density at radius 3 is 2.45 bits per heavy atom. The quantitative estimate of drug-likeness (QED) is 0.634. The summed E-state index contributed by atoms with van der Waals surface area (Å²) in [4.78, 5) is 0. The summed E-state index contributed by atoms with van der Waals surface area (Å²) < 4.78 is 15.7. The molecule has 0 spiro atoms. The Morgan fingerprint density at radius 2 is 1.85 bits per heavy atom. The highest BCUT2D eigenvalue weighted by Crippen LogP contribution is 2.32. The fourth-order valence-electron chi connectivity index (χ4n) is 2.05. The lowest BCUT2D eigenvalue weighted by molar-refractivity contribution is 0.575. The molecule has 1 N–H and O–H groups in total. The zero-order chi connectivity index (χ0) is 14.9. The lowest BCUT2D eigenvalue weighted by Gasteiger charge is -2.19. The van der Waals surface area contributed by atoms with Crippen LogP contribution in [0.25, 0.3) is 0 Å². The van der Waals surface area contributed by atoms with Crippen molar-refractivity contribution in [2.75, 3.05) is 7.05 Å². The summed E-state index contributed by atoms with van der Waals surface area (Å²) in [5.74, 6) is -0.294. The Kier molecular flexibility index (Phi) is 5.24. The molecule has 2 rings (SSSR count). The molecular formula is C15H13Br2ClFN. The second kappa shape index (κ2) is 6.56. The third-order valence-corrected chi connectivity index (χ3v) is 5.22. The fraction of sp³-hybridized carbons (Fsp3) is 0.200. The Morgan fingerprint density at radius 1 is 1.15 bits per heavy atom. The van der Waals surface area contributed by atoms with Gasteiger partial charge in [-0.15, -0.1) is 0 Å². The van der Waals surface area contributed by atoms with Crippen LogP contribution in [-0.4, -0.2) is 7.05 Å². The van der Waals surface area contributed by atoms with Crippen LogP contribution < -0.4 is 5.32 Å². The zero-order valence-electron chi connectivity index (χ0n) is 11.0. The van der Waals surface area contributed by atoms with Gasteiger partial charge in [0, 0.05) is 14.5 Å². The van der Waals surface area contributed by atoms with Gasteiger partial charge in [-0.2, -0.15) is 0 Å². The third-order valence-electron chi connectivity index (χ3n) is 3.17. The van der Waals surface area contributed by atoms with Crippen LogP contribution in [-0.2, 0) is 0 Å². The molecule has 0 aromatic heterocycles. The van der Waals surface area contributed by atoms with Crippen molar-refractivity contribution in [3.8, 4) is 0 Å². The molecular weight excluding hydrogens is 408 g/mol. The molecule has 0 fully saturated rings. The van der Waals surface area contributed by atoms with Gasteiger partial charge in [-0.1, -0.05) is 39.7 Å². The van der Waals surface area contributed by atoms with Gasteiger partial charge in [-0.3, -0.25) is 0 Å². The standard InChI is InChI=1S/C15H13Br2ClFN/c1-8-3-4-9(5-11(8)16)15(20-2)10-6-13(18)12(17)7-14(10)19/h3-7,15,20H,1-2H3.